The minimum atomic E-state index is 0.0558. The average Bonchev–Trinajstić information content (AvgIpc) is 0.856. The molecule has 6 aromatic rings. The van der Waals surface area contributed by atoms with E-state index in [4.69, 9.17) is 19.9 Å². The standard InChI is InChI=1S/C22H28N2.C20H24N2.C17H27N3.C16H25N3/c1-14-13-15(2)23-16(3)20(14)24-17(4)21(5)11-12-22(24,6)19-10-8-7-9-18(19)21;1-12-11-13(2)21-14(3)20(12)22-15(4)16-9-10-19(22)18-8-6-5-7-17(16)18;1-11-9-12(2)18-14(4)16(11)20-15(5)19-8-7-17(20,6)10-13(19)3;1-11-10-12(2)17-13(3)15(11)19-14(4)18-8-6-16(19,5)7-9-18/h7-10,13,17H,11-12H2,1-6H3;5-8,11,15-16,19H,9-10H2,1-4H3;9,13,15H,7-8,10H2,1-6H3;10,14H,6-9H2,1-5H3. The normalized spacial score (nSPS) is 31.8. The molecule has 2 aliphatic carbocycles. The number of anilines is 4. The maximum atomic E-state index is 4.80. The SMILES string of the molecule is Cc1cc(C)c(N2C(C)C3(C)CCC2(C)c2ccccc23)c(C)n1.Cc1cc(C)c(N2C(C)N3CCC2(C)CC3)c(C)n1.Cc1cc(C)c(N2C(C)N3CCC2(C)CC3C)c(C)n1.Cc1cc(C)c(N2C3CCC(c4ccccc43)C2C)c(C)n1. The van der Waals surface area contributed by atoms with Crippen LogP contribution in [0.2, 0.25) is 0 Å². The van der Waals surface area contributed by atoms with Crippen molar-refractivity contribution in [3.63, 3.8) is 0 Å². The van der Waals surface area contributed by atoms with Gasteiger partial charge >= 0.3 is 0 Å². The second-order valence-electron chi connectivity index (χ2n) is 28.9. The van der Waals surface area contributed by atoms with E-state index < -0.39 is 0 Å². The highest BCUT2D eigenvalue weighted by atomic mass is 15.5. The summed E-state index contributed by atoms with van der Waals surface area (Å²) in [5, 5.41) is 0. The smallest absolute Gasteiger partial charge is 0.0800 e. The van der Waals surface area contributed by atoms with Crippen molar-refractivity contribution in [2.24, 2.45) is 0 Å². The van der Waals surface area contributed by atoms with E-state index in [-0.39, 0.29) is 16.5 Å². The summed E-state index contributed by atoms with van der Waals surface area (Å²) in [5.74, 6) is 0.654. The number of hydrogen-bond acceptors (Lipinski definition) is 10. The third kappa shape index (κ3) is 10.2. The van der Waals surface area contributed by atoms with Crippen molar-refractivity contribution in [1.82, 2.24) is 29.7 Å². The fourth-order valence-corrected chi connectivity index (χ4v) is 19.0. The third-order valence-electron chi connectivity index (χ3n) is 22.9. The molecule has 0 N–H and O–H groups in total. The van der Waals surface area contributed by atoms with Gasteiger partial charge in [0.15, 0.2) is 0 Å². The molecule has 0 saturated carbocycles. The van der Waals surface area contributed by atoms with Crippen molar-refractivity contribution in [3.05, 3.63) is 163 Å². The molecule has 454 valence electrons. The van der Waals surface area contributed by atoms with Crippen LogP contribution in [0.15, 0.2) is 72.8 Å². The Morgan fingerprint density at radius 3 is 1.38 bits per heavy atom. The molecule has 0 radical (unpaired) electrons. The minimum Gasteiger partial charge on any atom is -0.359 e. The van der Waals surface area contributed by atoms with Gasteiger partial charge in [0.25, 0.3) is 0 Å². The second-order valence-corrected chi connectivity index (χ2v) is 28.9. The largest absolute Gasteiger partial charge is 0.359 e. The maximum Gasteiger partial charge on any atom is 0.0800 e. The average molecular weight is 1150 g/mol. The molecule has 0 spiro atoms. The predicted octanol–water partition coefficient (Wildman–Crippen LogP) is 16.5. The van der Waals surface area contributed by atoms with E-state index in [1.54, 1.807) is 11.1 Å². The van der Waals surface area contributed by atoms with Crippen LogP contribution in [0.3, 0.4) is 0 Å². The highest BCUT2D eigenvalue weighted by molar-refractivity contribution is 5.67. The molecule has 18 rings (SSSR count). The number of benzene rings is 2. The van der Waals surface area contributed by atoms with Gasteiger partial charge in [0.1, 0.15) is 0 Å². The van der Waals surface area contributed by atoms with Gasteiger partial charge in [-0.2, -0.15) is 0 Å². The Bertz CT molecular complexity index is 3410. The van der Waals surface area contributed by atoms with E-state index in [0.29, 0.717) is 48.0 Å². The first kappa shape index (κ1) is 60.8. The second kappa shape index (κ2) is 22.4. The van der Waals surface area contributed by atoms with Crippen LogP contribution in [-0.4, -0.2) is 90.9 Å². The lowest BCUT2D eigenvalue weighted by Gasteiger charge is -2.63. The number of rotatable bonds is 4. The lowest BCUT2D eigenvalue weighted by Crippen LogP contribution is -2.71. The minimum absolute atomic E-state index is 0.0558. The maximum absolute atomic E-state index is 4.80. The number of fused-ring (bicyclic) bond motifs is 10. The Kier molecular flexibility index (Phi) is 16.0. The van der Waals surface area contributed by atoms with Gasteiger partial charge in [0.2, 0.25) is 0 Å². The number of nitrogens with zero attached hydrogens (tertiary/aromatic N) is 10. The monoisotopic (exact) mass is 1140 g/mol. The summed E-state index contributed by atoms with van der Waals surface area (Å²) < 4.78 is 0. The summed E-state index contributed by atoms with van der Waals surface area (Å²) >= 11 is 0. The number of hydrogen-bond donors (Lipinski definition) is 0. The number of pyridine rings is 4. The highest BCUT2D eigenvalue weighted by Crippen LogP contribution is 2.59. The van der Waals surface area contributed by atoms with Gasteiger partial charge in [0, 0.05) is 82.9 Å². The van der Waals surface area contributed by atoms with Gasteiger partial charge in [-0.1, -0.05) is 55.5 Å². The van der Waals surface area contributed by atoms with Crippen LogP contribution in [0.5, 0.6) is 0 Å². The van der Waals surface area contributed by atoms with E-state index >= 15 is 0 Å². The fraction of sp³-hybridized carbons (Fsp3) is 0.573. The van der Waals surface area contributed by atoms with E-state index in [9.17, 15) is 0 Å². The topological polar surface area (TPSA) is 71.0 Å². The van der Waals surface area contributed by atoms with Crippen molar-refractivity contribution in [2.45, 2.75) is 261 Å². The third-order valence-corrected chi connectivity index (χ3v) is 22.9. The van der Waals surface area contributed by atoms with Gasteiger partial charge in [-0.05, 0) is 259 Å². The number of aryl methyl sites for hydroxylation is 12. The molecule has 10 aliphatic heterocycles. The van der Waals surface area contributed by atoms with E-state index in [1.807, 2.05) is 0 Å². The molecule has 8 fully saturated rings. The van der Waals surface area contributed by atoms with Crippen LogP contribution in [0.1, 0.15) is 216 Å². The van der Waals surface area contributed by atoms with E-state index in [2.05, 4.69) is 248 Å². The zero-order valence-electron chi connectivity index (χ0n) is 56.2. The highest BCUT2D eigenvalue weighted by Gasteiger charge is 2.57. The molecule has 12 aliphatic rings. The Labute approximate surface area is 513 Å². The van der Waals surface area contributed by atoms with Crippen LogP contribution < -0.4 is 19.6 Å². The summed E-state index contributed by atoms with van der Waals surface area (Å²) in [6, 6.07) is 29.3. The van der Waals surface area contributed by atoms with Gasteiger partial charge in [-0.3, -0.25) is 29.7 Å². The molecule has 8 bridgehead atoms. The van der Waals surface area contributed by atoms with Crippen molar-refractivity contribution >= 4 is 22.7 Å². The van der Waals surface area contributed by atoms with Crippen LogP contribution in [0, 0.1) is 83.1 Å². The molecule has 85 heavy (non-hydrogen) atoms. The van der Waals surface area contributed by atoms with Gasteiger partial charge < -0.3 is 19.6 Å². The van der Waals surface area contributed by atoms with Crippen LogP contribution >= 0.6 is 0 Å². The Balaban J connectivity index is 0.000000118. The lowest BCUT2D eigenvalue weighted by molar-refractivity contribution is 0.00459. The molecule has 11 unspecified atom stereocenters. The fourth-order valence-electron chi connectivity index (χ4n) is 19.0. The Morgan fingerprint density at radius 1 is 0.447 bits per heavy atom. The molecule has 8 saturated heterocycles. The van der Waals surface area contributed by atoms with Crippen molar-refractivity contribution in [2.75, 3.05) is 39.2 Å². The molecule has 11 atom stereocenters. The summed E-state index contributed by atoms with van der Waals surface area (Å²) in [5.41, 5.74) is 27.1. The molecule has 14 heterocycles. The summed E-state index contributed by atoms with van der Waals surface area (Å²) in [6.07, 6.45) is 11.1. The van der Waals surface area contributed by atoms with Gasteiger partial charge in [-0.15, -0.1) is 0 Å². The quantitative estimate of drug-likeness (QED) is 0.170. The number of piperidine rings is 4. The molecule has 10 heteroatoms. The molecule has 10 nitrogen and oxygen atoms in total. The molecular formula is C75H104N10. The Hall–Kier alpha value is -5.84. The number of aromatic nitrogens is 4. The van der Waals surface area contributed by atoms with Crippen LogP contribution in [0.25, 0.3) is 0 Å². The summed E-state index contributed by atoms with van der Waals surface area (Å²) in [4.78, 5) is 34.8. The van der Waals surface area contributed by atoms with E-state index in [0.717, 1.165) is 28.5 Å². The zero-order chi connectivity index (χ0) is 61.1. The van der Waals surface area contributed by atoms with Crippen molar-refractivity contribution < 1.29 is 0 Å². The first-order valence-corrected chi connectivity index (χ1v) is 32.8. The summed E-state index contributed by atoms with van der Waals surface area (Å²) in [7, 11) is 0. The van der Waals surface area contributed by atoms with Crippen molar-refractivity contribution in [1.29, 1.82) is 0 Å². The predicted molar refractivity (Wildman–Crippen MR) is 356 cm³/mol. The zero-order valence-corrected chi connectivity index (χ0v) is 56.2. The molecule has 2 aromatic carbocycles. The first-order valence-electron chi connectivity index (χ1n) is 32.8. The molecule has 4 aromatic heterocycles. The lowest BCUT2D eigenvalue weighted by atomic mass is 9.56. The van der Waals surface area contributed by atoms with Gasteiger partial charge in [-0.25, -0.2) is 0 Å². The first-order chi connectivity index (χ1) is 40.1. The molecule has 0 amide bonds. The Morgan fingerprint density at radius 2 is 0.894 bits per heavy atom. The van der Waals surface area contributed by atoms with Gasteiger partial charge in [0.05, 0.1) is 69.4 Å². The van der Waals surface area contributed by atoms with Crippen LogP contribution in [-0.2, 0) is 11.0 Å². The molecular weight excluding hydrogens is 1040 g/mol. The van der Waals surface area contributed by atoms with Crippen molar-refractivity contribution in [3.8, 4) is 0 Å². The van der Waals surface area contributed by atoms with Crippen LogP contribution in [0.4, 0.5) is 22.7 Å². The van der Waals surface area contributed by atoms with E-state index in [1.165, 1.54) is 144 Å². The summed E-state index contributed by atoms with van der Waals surface area (Å²) in [6.45, 7) is 51.3.